The fourth-order valence-electron chi connectivity index (χ4n) is 5.76. The highest BCUT2D eigenvalue weighted by atomic mass is 19.1. The number of hydrogen-bond donors (Lipinski definition) is 2. The van der Waals surface area contributed by atoms with Crippen molar-refractivity contribution in [2.45, 2.75) is 32.7 Å². The van der Waals surface area contributed by atoms with E-state index in [1.54, 1.807) is 25.5 Å². The molecule has 3 aliphatic rings. The molecule has 33 heavy (non-hydrogen) atoms. The highest BCUT2D eigenvalue weighted by Gasteiger charge is 2.55. The minimum absolute atomic E-state index is 0.169. The standard InChI is InChI=1S/C24H26FN7O/c1-12-28-8-14(9-29-12)33-23-30-20-6-15-16(4-13(25)5-19(15)27-3)21(20)22(31-23)32-10-17-18(26)7-24(17,2)11-32/h4-5,8-9,17-18,27H,6-7,10-11,26H2,1-3H3/t17?,18?,24-/m1/s1. The monoisotopic (exact) mass is 447 g/mol. The average Bonchev–Trinajstić information content (AvgIpc) is 3.28. The van der Waals surface area contributed by atoms with Crippen molar-refractivity contribution >= 4 is 11.5 Å². The lowest BCUT2D eigenvalue weighted by Crippen LogP contribution is -2.53. The van der Waals surface area contributed by atoms with Gasteiger partial charge in [-0.05, 0) is 47.9 Å². The first-order valence-electron chi connectivity index (χ1n) is 11.2. The number of aryl methyl sites for hydroxylation is 1. The Hall–Kier alpha value is -3.33. The van der Waals surface area contributed by atoms with Crippen molar-refractivity contribution in [3.8, 4) is 22.9 Å². The van der Waals surface area contributed by atoms with Gasteiger partial charge in [0.1, 0.15) is 17.5 Å². The van der Waals surface area contributed by atoms with Crippen molar-refractivity contribution in [3.05, 3.63) is 47.4 Å². The second kappa shape index (κ2) is 7.08. The van der Waals surface area contributed by atoms with Crippen LogP contribution in [-0.4, -0.2) is 46.1 Å². The predicted octanol–water partition coefficient (Wildman–Crippen LogP) is 3.29. The van der Waals surface area contributed by atoms with Crippen LogP contribution in [0.25, 0.3) is 11.1 Å². The molecule has 9 heteroatoms. The molecule has 3 N–H and O–H groups in total. The van der Waals surface area contributed by atoms with Crippen molar-refractivity contribution in [2.24, 2.45) is 17.1 Å². The van der Waals surface area contributed by atoms with Crippen LogP contribution in [0.5, 0.6) is 11.8 Å². The van der Waals surface area contributed by atoms with E-state index in [1.807, 2.05) is 6.92 Å². The Balaban J connectivity index is 1.47. The third-order valence-electron chi connectivity index (χ3n) is 7.39. The van der Waals surface area contributed by atoms with Crippen molar-refractivity contribution < 1.29 is 9.13 Å². The molecule has 170 valence electrons. The lowest BCUT2D eigenvalue weighted by Gasteiger charge is -2.46. The number of halogens is 1. The molecule has 2 aromatic heterocycles. The second-order valence-corrected chi connectivity index (χ2v) is 9.63. The molecule has 1 saturated heterocycles. The van der Waals surface area contributed by atoms with Crippen LogP contribution in [0.4, 0.5) is 15.9 Å². The zero-order chi connectivity index (χ0) is 22.9. The van der Waals surface area contributed by atoms with Crippen molar-refractivity contribution in [2.75, 3.05) is 30.4 Å². The quantitative estimate of drug-likeness (QED) is 0.491. The van der Waals surface area contributed by atoms with E-state index in [4.69, 9.17) is 20.4 Å². The van der Waals surface area contributed by atoms with Gasteiger partial charge in [0.25, 0.3) is 0 Å². The van der Waals surface area contributed by atoms with Crippen LogP contribution >= 0.6 is 0 Å². The van der Waals surface area contributed by atoms with Crippen LogP contribution in [0.1, 0.15) is 30.4 Å². The predicted molar refractivity (Wildman–Crippen MR) is 123 cm³/mol. The fourth-order valence-corrected chi connectivity index (χ4v) is 5.76. The first kappa shape index (κ1) is 20.3. The Labute approximate surface area is 191 Å². The van der Waals surface area contributed by atoms with Gasteiger partial charge >= 0.3 is 6.01 Å². The van der Waals surface area contributed by atoms with Gasteiger partial charge < -0.3 is 20.7 Å². The highest BCUT2D eigenvalue weighted by molar-refractivity contribution is 5.88. The molecule has 8 nitrogen and oxygen atoms in total. The SMILES string of the molecule is CNc1cc(F)cc2c1Cc1nc(Oc3cnc(C)nc3)nc(N3CC4C(N)C[C@]4(C)C3)c1-2. The molecule has 3 aromatic rings. The zero-order valence-corrected chi connectivity index (χ0v) is 18.9. The molecule has 2 unspecified atom stereocenters. The van der Waals surface area contributed by atoms with Gasteiger partial charge in [-0.3, -0.25) is 0 Å². The van der Waals surface area contributed by atoms with Gasteiger partial charge in [-0.1, -0.05) is 6.92 Å². The lowest BCUT2D eigenvalue weighted by molar-refractivity contribution is 0.0771. The zero-order valence-electron chi connectivity index (χ0n) is 18.9. The van der Waals surface area contributed by atoms with Crippen LogP contribution < -0.4 is 20.7 Å². The maximum Gasteiger partial charge on any atom is 0.324 e. The molecule has 0 bridgehead atoms. The van der Waals surface area contributed by atoms with E-state index in [-0.39, 0.29) is 23.3 Å². The van der Waals surface area contributed by atoms with Crippen LogP contribution in [0.3, 0.4) is 0 Å². The smallest absolute Gasteiger partial charge is 0.324 e. The van der Waals surface area contributed by atoms with Gasteiger partial charge in [0.15, 0.2) is 5.75 Å². The molecule has 3 atom stereocenters. The molecule has 6 rings (SSSR count). The first-order chi connectivity index (χ1) is 15.8. The number of anilines is 2. The number of aromatic nitrogens is 4. The maximum atomic E-state index is 14.5. The van der Waals surface area contributed by atoms with Crippen molar-refractivity contribution in [1.82, 2.24) is 19.9 Å². The maximum absolute atomic E-state index is 14.5. The molecule has 1 aliphatic heterocycles. The van der Waals surface area contributed by atoms with Gasteiger partial charge in [0.05, 0.1) is 18.1 Å². The summed E-state index contributed by atoms with van der Waals surface area (Å²) < 4.78 is 20.5. The number of rotatable bonds is 4. The summed E-state index contributed by atoms with van der Waals surface area (Å²) in [5.74, 6) is 2.03. The average molecular weight is 448 g/mol. The molecule has 0 radical (unpaired) electrons. The summed E-state index contributed by atoms with van der Waals surface area (Å²) in [4.78, 5) is 20.2. The molecule has 2 aliphatic carbocycles. The minimum Gasteiger partial charge on any atom is -0.421 e. The summed E-state index contributed by atoms with van der Waals surface area (Å²) >= 11 is 0. The number of nitrogens with zero attached hydrogens (tertiary/aromatic N) is 5. The molecular weight excluding hydrogens is 421 g/mol. The van der Waals surface area contributed by atoms with Gasteiger partial charge in [0.2, 0.25) is 0 Å². The molecule has 0 spiro atoms. The third kappa shape index (κ3) is 3.13. The third-order valence-corrected chi connectivity index (χ3v) is 7.39. The number of ether oxygens (including phenoxy) is 1. The van der Waals surface area contributed by atoms with Gasteiger partial charge in [0, 0.05) is 43.9 Å². The van der Waals surface area contributed by atoms with Gasteiger partial charge in [-0.15, -0.1) is 0 Å². The van der Waals surface area contributed by atoms with Crippen LogP contribution in [0, 0.1) is 24.1 Å². The topological polar surface area (TPSA) is 102 Å². The number of benzene rings is 1. The lowest BCUT2D eigenvalue weighted by atomic mass is 9.60. The van der Waals surface area contributed by atoms with E-state index in [0.717, 1.165) is 53.4 Å². The summed E-state index contributed by atoms with van der Waals surface area (Å²) in [5.41, 5.74) is 10.8. The van der Waals surface area contributed by atoms with E-state index in [2.05, 4.69) is 27.1 Å². The van der Waals surface area contributed by atoms with E-state index < -0.39 is 0 Å². The molecule has 1 saturated carbocycles. The molecule has 1 aromatic carbocycles. The van der Waals surface area contributed by atoms with Crippen LogP contribution in [0.15, 0.2) is 24.5 Å². The minimum atomic E-state index is -0.287. The second-order valence-electron chi connectivity index (χ2n) is 9.63. The first-order valence-corrected chi connectivity index (χ1v) is 11.2. The van der Waals surface area contributed by atoms with E-state index >= 15 is 0 Å². The Morgan fingerprint density at radius 3 is 2.73 bits per heavy atom. The summed E-state index contributed by atoms with van der Waals surface area (Å²) in [6.45, 7) is 5.77. The molecule has 0 amide bonds. The Morgan fingerprint density at radius 1 is 1.24 bits per heavy atom. The van der Waals surface area contributed by atoms with E-state index in [0.29, 0.717) is 23.9 Å². The summed E-state index contributed by atoms with van der Waals surface area (Å²) in [5, 5.41) is 3.12. The van der Waals surface area contributed by atoms with Crippen LogP contribution in [-0.2, 0) is 6.42 Å². The Morgan fingerprint density at radius 2 is 2.03 bits per heavy atom. The summed E-state index contributed by atoms with van der Waals surface area (Å²) in [7, 11) is 1.80. The fraction of sp³-hybridized carbons (Fsp3) is 0.417. The van der Waals surface area contributed by atoms with Crippen molar-refractivity contribution in [1.29, 1.82) is 0 Å². The Kier molecular flexibility index (Phi) is 4.35. The van der Waals surface area contributed by atoms with Gasteiger partial charge in [-0.25, -0.2) is 14.4 Å². The molecule has 2 fully saturated rings. The number of nitrogens with two attached hydrogens (primary N) is 1. The summed E-state index contributed by atoms with van der Waals surface area (Å²) in [6.07, 6.45) is 4.79. The summed E-state index contributed by atoms with van der Waals surface area (Å²) in [6, 6.07) is 3.55. The van der Waals surface area contributed by atoms with Crippen LogP contribution in [0.2, 0.25) is 0 Å². The molecule has 3 heterocycles. The number of nitrogens with one attached hydrogen (secondary N) is 1. The normalized spacial score (nSPS) is 24.7. The van der Waals surface area contributed by atoms with E-state index in [9.17, 15) is 4.39 Å². The number of hydrogen-bond acceptors (Lipinski definition) is 8. The number of fused-ring (bicyclic) bond motifs is 4. The van der Waals surface area contributed by atoms with E-state index in [1.165, 1.54) is 6.07 Å². The van der Waals surface area contributed by atoms with Gasteiger partial charge in [-0.2, -0.15) is 9.97 Å². The Bertz CT molecular complexity index is 1260. The highest BCUT2D eigenvalue weighted by Crippen LogP contribution is 2.54. The molecular formula is C24H26FN7O. The van der Waals surface area contributed by atoms with Crippen molar-refractivity contribution in [3.63, 3.8) is 0 Å². The largest absolute Gasteiger partial charge is 0.421 e.